The number of carboxylic acid groups (broad SMARTS) is 1. The van der Waals surface area contributed by atoms with Crippen LogP contribution in [0.25, 0.3) is 11.1 Å². The van der Waals surface area contributed by atoms with Crippen LogP contribution >= 0.6 is 0 Å². The first-order valence-corrected chi connectivity index (χ1v) is 15.4. The van der Waals surface area contributed by atoms with Crippen molar-refractivity contribution >= 4 is 12.3 Å². The standard InChI is InChI=1S/C22H23FO3.C9H17N.C3H6O/c23-19-10-4-9-17(21(19)14-5-3-6-14)18-13-15(22(24)25)11-12-20(18)26-16-7-1-2-8-16;1-8-6-9(10-7-8)4-2-3-5-9;1-2-3-4/h4,9-14,16H,1-3,5-8H2,(H,24,25);8,10H,2-7H2,1H3;3H,2H2,1H3/t;8-;/m.1./s1. The highest BCUT2D eigenvalue weighted by Gasteiger charge is 2.38. The second-order valence-electron chi connectivity index (χ2n) is 12.1. The molecule has 1 aliphatic heterocycles. The molecule has 3 saturated carbocycles. The highest BCUT2D eigenvalue weighted by atomic mass is 19.1. The Morgan fingerprint density at radius 2 is 1.75 bits per heavy atom. The minimum Gasteiger partial charge on any atom is -0.490 e. The predicted molar refractivity (Wildman–Crippen MR) is 158 cm³/mol. The van der Waals surface area contributed by atoms with Crippen molar-refractivity contribution < 1.29 is 23.8 Å². The van der Waals surface area contributed by atoms with E-state index in [4.69, 9.17) is 4.74 Å². The summed E-state index contributed by atoms with van der Waals surface area (Å²) < 4.78 is 20.9. The topological polar surface area (TPSA) is 75.6 Å². The largest absolute Gasteiger partial charge is 0.490 e. The Morgan fingerprint density at radius 3 is 2.30 bits per heavy atom. The minimum absolute atomic E-state index is 0.158. The van der Waals surface area contributed by atoms with Gasteiger partial charge in [-0.3, -0.25) is 0 Å². The van der Waals surface area contributed by atoms with Gasteiger partial charge in [-0.05, 0) is 112 Å². The monoisotopic (exact) mass is 551 g/mol. The van der Waals surface area contributed by atoms with Crippen LogP contribution in [0.15, 0.2) is 36.4 Å². The number of hydrogen-bond donors (Lipinski definition) is 2. The van der Waals surface area contributed by atoms with Gasteiger partial charge in [0, 0.05) is 17.5 Å². The van der Waals surface area contributed by atoms with Crippen LogP contribution in [-0.4, -0.2) is 35.5 Å². The van der Waals surface area contributed by atoms with E-state index in [0.29, 0.717) is 28.8 Å². The van der Waals surface area contributed by atoms with Crippen LogP contribution in [0.5, 0.6) is 5.75 Å². The molecular weight excluding hydrogens is 505 g/mol. The lowest BCUT2D eigenvalue weighted by Crippen LogP contribution is -2.35. The molecule has 6 rings (SSSR count). The van der Waals surface area contributed by atoms with Crippen molar-refractivity contribution in [1.82, 2.24) is 5.32 Å². The Balaban J connectivity index is 0.000000217. The van der Waals surface area contributed by atoms with Crippen molar-refractivity contribution in [3.05, 3.63) is 53.3 Å². The maximum Gasteiger partial charge on any atom is 0.335 e. The summed E-state index contributed by atoms with van der Waals surface area (Å²) in [4.78, 5) is 20.7. The van der Waals surface area contributed by atoms with Gasteiger partial charge in [0.15, 0.2) is 0 Å². The zero-order chi connectivity index (χ0) is 28.5. The Kier molecular flexibility index (Phi) is 10.8. The van der Waals surface area contributed by atoms with Gasteiger partial charge in [0.2, 0.25) is 0 Å². The fourth-order valence-corrected chi connectivity index (χ4v) is 6.68. The van der Waals surface area contributed by atoms with Gasteiger partial charge >= 0.3 is 5.97 Å². The molecular formula is C34H46FNO4. The van der Waals surface area contributed by atoms with Gasteiger partial charge in [0.05, 0.1) is 11.7 Å². The van der Waals surface area contributed by atoms with Crippen molar-refractivity contribution in [1.29, 1.82) is 0 Å². The maximum atomic E-state index is 14.6. The molecule has 0 unspecified atom stereocenters. The maximum absolute atomic E-state index is 14.6. The first kappa shape index (κ1) is 30.2. The number of nitrogens with one attached hydrogen (secondary N) is 1. The number of rotatable bonds is 6. The van der Waals surface area contributed by atoms with Crippen LogP contribution < -0.4 is 10.1 Å². The van der Waals surface area contributed by atoms with Crippen LogP contribution in [0.3, 0.4) is 0 Å². The number of carbonyl (C=O) groups excluding carboxylic acids is 1. The number of benzene rings is 2. The molecule has 2 aromatic carbocycles. The highest BCUT2D eigenvalue weighted by molar-refractivity contribution is 5.91. The zero-order valence-corrected chi connectivity index (χ0v) is 24.2. The third kappa shape index (κ3) is 7.51. The molecule has 3 aliphatic carbocycles. The van der Waals surface area contributed by atoms with Gasteiger partial charge in [-0.1, -0.05) is 45.2 Å². The van der Waals surface area contributed by atoms with Gasteiger partial charge in [0.25, 0.3) is 0 Å². The predicted octanol–water partition coefficient (Wildman–Crippen LogP) is 8.30. The van der Waals surface area contributed by atoms with E-state index in [1.807, 2.05) is 13.0 Å². The molecule has 1 spiro atoms. The van der Waals surface area contributed by atoms with Gasteiger partial charge in [-0.2, -0.15) is 0 Å². The van der Waals surface area contributed by atoms with Gasteiger partial charge < -0.3 is 20.0 Å². The molecule has 0 amide bonds. The van der Waals surface area contributed by atoms with Crippen LogP contribution in [0.2, 0.25) is 0 Å². The SMILES string of the molecule is CCC=O.C[C@H]1CNC2(CCCC2)C1.O=C(O)c1ccc(OC2CCCC2)c(-c2cccc(F)c2C2CCC2)c1. The van der Waals surface area contributed by atoms with E-state index in [9.17, 15) is 19.1 Å². The lowest BCUT2D eigenvalue weighted by atomic mass is 9.76. The van der Waals surface area contributed by atoms with E-state index in [2.05, 4.69) is 12.2 Å². The van der Waals surface area contributed by atoms with Gasteiger partial charge in [0.1, 0.15) is 17.9 Å². The molecule has 1 heterocycles. The lowest BCUT2D eigenvalue weighted by Gasteiger charge is -2.29. The van der Waals surface area contributed by atoms with E-state index >= 15 is 0 Å². The Labute approximate surface area is 238 Å². The van der Waals surface area contributed by atoms with Crippen molar-refractivity contribution in [2.45, 2.75) is 115 Å². The number of hydrogen-bond acceptors (Lipinski definition) is 4. The Morgan fingerprint density at radius 1 is 1.05 bits per heavy atom. The number of aldehydes is 1. The summed E-state index contributed by atoms with van der Waals surface area (Å²) in [6.45, 7) is 5.44. The minimum atomic E-state index is -0.986. The molecule has 218 valence electrons. The molecule has 2 aromatic rings. The molecule has 1 saturated heterocycles. The molecule has 4 aliphatic rings. The summed E-state index contributed by atoms with van der Waals surface area (Å²) in [5, 5.41) is 13.1. The summed E-state index contributed by atoms with van der Waals surface area (Å²) in [6, 6.07) is 10.0. The van der Waals surface area contributed by atoms with Crippen molar-refractivity contribution in [3.63, 3.8) is 0 Å². The number of aromatic carboxylic acids is 1. The second-order valence-corrected chi connectivity index (χ2v) is 12.1. The summed E-state index contributed by atoms with van der Waals surface area (Å²) in [5.41, 5.74) is 2.98. The number of ether oxygens (including phenoxy) is 1. The molecule has 40 heavy (non-hydrogen) atoms. The highest BCUT2D eigenvalue weighted by Crippen LogP contribution is 2.45. The number of carboxylic acids is 1. The summed E-state index contributed by atoms with van der Waals surface area (Å²) in [5.74, 6) is 0.602. The van der Waals surface area contributed by atoms with Crippen LogP contribution in [0.1, 0.15) is 119 Å². The molecule has 0 radical (unpaired) electrons. The van der Waals surface area contributed by atoms with E-state index in [-0.39, 0.29) is 23.4 Å². The zero-order valence-electron chi connectivity index (χ0n) is 24.2. The molecule has 0 aromatic heterocycles. The smallest absolute Gasteiger partial charge is 0.335 e. The first-order valence-electron chi connectivity index (χ1n) is 15.4. The molecule has 6 heteroatoms. The fourth-order valence-electron chi connectivity index (χ4n) is 6.68. The number of halogens is 1. The van der Waals surface area contributed by atoms with Gasteiger partial charge in [-0.25, -0.2) is 9.18 Å². The van der Waals surface area contributed by atoms with Crippen LogP contribution in [0.4, 0.5) is 4.39 Å². The van der Waals surface area contributed by atoms with E-state index in [1.165, 1.54) is 44.7 Å². The van der Waals surface area contributed by atoms with Crippen LogP contribution in [0, 0.1) is 11.7 Å². The molecule has 4 fully saturated rings. The van der Waals surface area contributed by atoms with Gasteiger partial charge in [-0.15, -0.1) is 0 Å². The number of carbonyl (C=O) groups is 2. The van der Waals surface area contributed by atoms with E-state index < -0.39 is 5.97 Å². The molecule has 5 nitrogen and oxygen atoms in total. The average Bonchev–Trinajstić information content (AvgIpc) is 3.69. The molecule has 1 atom stereocenters. The van der Waals surface area contributed by atoms with Crippen molar-refractivity contribution in [2.75, 3.05) is 6.54 Å². The first-order chi connectivity index (χ1) is 19.4. The van der Waals surface area contributed by atoms with Crippen LogP contribution in [-0.2, 0) is 4.79 Å². The Bertz CT molecular complexity index is 1130. The molecule has 2 N–H and O–H groups in total. The second kappa shape index (κ2) is 14.2. The fraction of sp³-hybridized carbons (Fsp3) is 0.588. The van der Waals surface area contributed by atoms with Crippen molar-refractivity contribution in [2.24, 2.45) is 5.92 Å². The summed E-state index contributed by atoms with van der Waals surface area (Å²) in [6.07, 6.45) is 16.3. The normalized spacial score (nSPS) is 21.6. The van der Waals surface area contributed by atoms with E-state index in [1.54, 1.807) is 24.3 Å². The molecule has 0 bridgehead atoms. The average molecular weight is 552 g/mol. The van der Waals surface area contributed by atoms with Crippen molar-refractivity contribution in [3.8, 4) is 16.9 Å². The summed E-state index contributed by atoms with van der Waals surface area (Å²) >= 11 is 0. The quantitative estimate of drug-likeness (QED) is 0.353. The third-order valence-electron chi connectivity index (χ3n) is 8.97. The lowest BCUT2D eigenvalue weighted by molar-refractivity contribution is -0.107. The van der Waals surface area contributed by atoms with E-state index in [0.717, 1.165) is 62.7 Å². The Hall–Kier alpha value is -2.73. The summed E-state index contributed by atoms with van der Waals surface area (Å²) in [7, 11) is 0. The third-order valence-corrected chi connectivity index (χ3v) is 8.97.